The fourth-order valence-electron chi connectivity index (χ4n) is 2.43. The first-order valence-corrected chi connectivity index (χ1v) is 7.53. The zero-order valence-corrected chi connectivity index (χ0v) is 12.4. The van der Waals surface area contributed by atoms with Gasteiger partial charge in [-0.15, -0.1) is 11.8 Å². The third-order valence-electron chi connectivity index (χ3n) is 3.25. The molecule has 0 fully saturated rings. The Kier molecular flexibility index (Phi) is 3.40. The predicted molar refractivity (Wildman–Crippen MR) is 86.0 cm³/mol. The zero-order chi connectivity index (χ0) is 14.1. The number of H-pyrrole nitrogens is 1. The van der Waals surface area contributed by atoms with E-state index in [-0.39, 0.29) is 0 Å². The van der Waals surface area contributed by atoms with Crippen molar-refractivity contribution in [3.63, 3.8) is 0 Å². The van der Waals surface area contributed by atoms with Crippen molar-refractivity contribution in [3.8, 4) is 0 Å². The Hall–Kier alpha value is -1.94. The number of nitrogens with zero attached hydrogens (tertiary/aromatic N) is 1. The molecular formula is C16H17N3S. The summed E-state index contributed by atoms with van der Waals surface area (Å²) in [6.07, 6.45) is 1.80. The van der Waals surface area contributed by atoms with E-state index in [1.54, 1.807) is 18.0 Å². The van der Waals surface area contributed by atoms with Gasteiger partial charge in [0.25, 0.3) is 0 Å². The van der Waals surface area contributed by atoms with E-state index < -0.39 is 0 Å². The number of fused-ring (bicyclic) bond motifs is 1. The van der Waals surface area contributed by atoms with Gasteiger partial charge in [-0.2, -0.15) is 5.10 Å². The summed E-state index contributed by atoms with van der Waals surface area (Å²) in [5.41, 5.74) is 11.9. The minimum Gasteiger partial charge on any atom is -0.398 e. The van der Waals surface area contributed by atoms with Gasteiger partial charge >= 0.3 is 0 Å². The first-order valence-electron chi connectivity index (χ1n) is 6.54. The maximum absolute atomic E-state index is 6.11. The van der Waals surface area contributed by atoms with E-state index in [4.69, 9.17) is 5.73 Å². The van der Waals surface area contributed by atoms with Gasteiger partial charge in [-0.3, -0.25) is 5.10 Å². The van der Waals surface area contributed by atoms with Crippen LogP contribution in [0.3, 0.4) is 0 Å². The molecule has 2 aromatic carbocycles. The average Bonchev–Trinajstić information content (AvgIpc) is 2.81. The maximum atomic E-state index is 6.11. The van der Waals surface area contributed by atoms with Crippen LogP contribution in [0.5, 0.6) is 0 Å². The van der Waals surface area contributed by atoms with Gasteiger partial charge in [0.1, 0.15) is 0 Å². The Morgan fingerprint density at radius 2 is 1.85 bits per heavy atom. The molecule has 1 heterocycles. The molecule has 0 bridgehead atoms. The quantitative estimate of drug-likeness (QED) is 0.563. The van der Waals surface area contributed by atoms with Crippen molar-refractivity contribution in [2.24, 2.45) is 0 Å². The number of hydrogen-bond acceptors (Lipinski definition) is 3. The molecule has 0 saturated carbocycles. The van der Waals surface area contributed by atoms with Crippen LogP contribution in [0.25, 0.3) is 10.9 Å². The smallest absolute Gasteiger partial charge is 0.0662 e. The molecule has 1 aromatic heterocycles. The lowest BCUT2D eigenvalue weighted by atomic mass is 10.1. The molecule has 0 atom stereocenters. The molecule has 102 valence electrons. The van der Waals surface area contributed by atoms with Crippen LogP contribution in [0.15, 0.2) is 41.4 Å². The number of nitrogens with one attached hydrogen (secondary N) is 1. The number of aryl methyl sites for hydroxylation is 2. The minimum absolute atomic E-state index is 0.813. The van der Waals surface area contributed by atoms with E-state index in [0.29, 0.717) is 0 Å². The first kappa shape index (κ1) is 13.1. The number of aromatic amines is 1. The summed E-state index contributed by atoms with van der Waals surface area (Å²) in [6, 6.07) is 10.7. The van der Waals surface area contributed by atoms with E-state index in [1.165, 1.54) is 16.7 Å². The highest BCUT2D eigenvalue weighted by Crippen LogP contribution is 2.31. The van der Waals surface area contributed by atoms with E-state index >= 15 is 0 Å². The van der Waals surface area contributed by atoms with E-state index in [0.717, 1.165) is 27.2 Å². The van der Waals surface area contributed by atoms with Gasteiger partial charge in [0.05, 0.1) is 11.7 Å². The summed E-state index contributed by atoms with van der Waals surface area (Å²) < 4.78 is 0. The SMILES string of the molecule is Cc1cc(C)cc(CSc2cc3[nH]ncc3cc2N)c1. The Morgan fingerprint density at radius 3 is 2.60 bits per heavy atom. The molecule has 3 aromatic rings. The number of rotatable bonds is 3. The third kappa shape index (κ3) is 2.65. The number of nitrogens with two attached hydrogens (primary N) is 1. The lowest BCUT2D eigenvalue weighted by Gasteiger charge is -2.07. The second-order valence-electron chi connectivity index (χ2n) is 5.13. The van der Waals surface area contributed by atoms with Crippen LogP contribution >= 0.6 is 11.8 Å². The Labute approximate surface area is 122 Å². The number of hydrogen-bond donors (Lipinski definition) is 2. The highest BCUT2D eigenvalue weighted by Gasteiger charge is 2.05. The molecule has 3 nitrogen and oxygen atoms in total. The van der Waals surface area contributed by atoms with Gasteiger partial charge in [-0.05, 0) is 31.5 Å². The van der Waals surface area contributed by atoms with E-state index in [1.807, 2.05) is 6.07 Å². The van der Waals surface area contributed by atoms with E-state index in [2.05, 4.69) is 48.3 Å². The van der Waals surface area contributed by atoms with Gasteiger partial charge in [-0.25, -0.2) is 0 Å². The average molecular weight is 283 g/mol. The third-order valence-corrected chi connectivity index (χ3v) is 4.39. The summed E-state index contributed by atoms with van der Waals surface area (Å²) in [5, 5.41) is 8.07. The molecule has 0 saturated heterocycles. The highest BCUT2D eigenvalue weighted by atomic mass is 32.2. The molecule has 0 aliphatic carbocycles. The molecule has 0 amide bonds. The van der Waals surface area contributed by atoms with Crippen LogP contribution in [0.4, 0.5) is 5.69 Å². The van der Waals surface area contributed by atoms with Crippen LogP contribution in [-0.4, -0.2) is 10.2 Å². The van der Waals surface area contributed by atoms with Crippen molar-refractivity contribution < 1.29 is 0 Å². The van der Waals surface area contributed by atoms with Crippen molar-refractivity contribution in [1.29, 1.82) is 0 Å². The van der Waals surface area contributed by atoms with Crippen molar-refractivity contribution in [2.75, 3.05) is 5.73 Å². The van der Waals surface area contributed by atoms with Gasteiger partial charge in [0.2, 0.25) is 0 Å². The molecule has 3 rings (SSSR count). The lowest BCUT2D eigenvalue weighted by molar-refractivity contribution is 1.12. The molecule has 3 N–H and O–H groups in total. The van der Waals surface area contributed by atoms with E-state index in [9.17, 15) is 0 Å². The highest BCUT2D eigenvalue weighted by molar-refractivity contribution is 7.98. The topological polar surface area (TPSA) is 54.7 Å². The van der Waals surface area contributed by atoms with Crippen molar-refractivity contribution >= 4 is 28.4 Å². The van der Waals surface area contributed by atoms with Gasteiger partial charge in [0, 0.05) is 21.7 Å². The number of anilines is 1. The first-order chi connectivity index (χ1) is 9.61. The summed E-state index contributed by atoms with van der Waals surface area (Å²) in [6.45, 7) is 4.26. The molecule has 0 radical (unpaired) electrons. The van der Waals surface area contributed by atoms with Crippen LogP contribution in [0, 0.1) is 13.8 Å². The normalized spacial score (nSPS) is 11.1. The second-order valence-corrected chi connectivity index (χ2v) is 6.15. The molecular weight excluding hydrogens is 266 g/mol. The number of thioether (sulfide) groups is 1. The number of benzene rings is 2. The molecule has 0 spiro atoms. The van der Waals surface area contributed by atoms with Crippen LogP contribution < -0.4 is 5.73 Å². The number of aromatic nitrogens is 2. The largest absolute Gasteiger partial charge is 0.398 e. The van der Waals surface area contributed by atoms with Crippen LogP contribution in [-0.2, 0) is 5.75 Å². The summed E-state index contributed by atoms with van der Waals surface area (Å²) in [7, 11) is 0. The lowest BCUT2D eigenvalue weighted by Crippen LogP contribution is -1.90. The fraction of sp³-hybridized carbons (Fsp3) is 0.188. The Morgan fingerprint density at radius 1 is 1.10 bits per heavy atom. The summed E-state index contributed by atoms with van der Waals surface area (Å²) in [5.74, 6) is 0.923. The van der Waals surface area contributed by atoms with Crippen LogP contribution in [0.1, 0.15) is 16.7 Å². The fourth-order valence-corrected chi connectivity index (χ4v) is 3.34. The predicted octanol–water partition coefficient (Wildman–Crippen LogP) is 4.05. The van der Waals surface area contributed by atoms with Crippen molar-refractivity contribution in [2.45, 2.75) is 24.5 Å². The monoisotopic (exact) mass is 283 g/mol. The zero-order valence-electron chi connectivity index (χ0n) is 11.6. The second kappa shape index (κ2) is 5.21. The van der Waals surface area contributed by atoms with Gasteiger partial charge in [-0.1, -0.05) is 29.3 Å². The molecule has 4 heteroatoms. The van der Waals surface area contributed by atoms with Gasteiger partial charge in [0.15, 0.2) is 0 Å². The molecule has 20 heavy (non-hydrogen) atoms. The molecule has 0 unspecified atom stereocenters. The Balaban J connectivity index is 1.84. The van der Waals surface area contributed by atoms with Crippen LogP contribution in [0.2, 0.25) is 0 Å². The summed E-state index contributed by atoms with van der Waals surface area (Å²) in [4.78, 5) is 1.10. The molecule has 0 aliphatic heterocycles. The van der Waals surface area contributed by atoms with Gasteiger partial charge < -0.3 is 5.73 Å². The van der Waals surface area contributed by atoms with Crippen molar-refractivity contribution in [3.05, 3.63) is 53.2 Å². The molecule has 0 aliphatic rings. The Bertz CT molecular complexity index is 741. The standard InChI is InChI=1S/C16H17N3S/c1-10-3-11(2)5-12(4-10)9-20-16-7-15-13(6-14(16)17)8-18-19-15/h3-8H,9,17H2,1-2H3,(H,18,19). The minimum atomic E-state index is 0.813. The maximum Gasteiger partial charge on any atom is 0.0662 e. The summed E-state index contributed by atoms with van der Waals surface area (Å²) >= 11 is 1.76. The van der Waals surface area contributed by atoms with Crippen molar-refractivity contribution in [1.82, 2.24) is 10.2 Å². The number of nitrogen functional groups attached to an aromatic ring is 1.